The quantitative estimate of drug-likeness (QED) is 0.669. The minimum Gasteiger partial charge on any atom is -0.362 e. The first-order chi connectivity index (χ1) is 9.25. The Bertz CT molecular complexity index is 516. The van der Waals surface area contributed by atoms with Crippen LogP contribution in [0.1, 0.15) is 37.8 Å². The third-order valence-corrected chi connectivity index (χ3v) is 5.00. The summed E-state index contributed by atoms with van der Waals surface area (Å²) in [5.41, 5.74) is 0.948. The highest BCUT2D eigenvalue weighted by Crippen LogP contribution is 2.37. The van der Waals surface area contributed by atoms with E-state index in [1.165, 1.54) is 31.0 Å². The molecule has 3 rings (SSSR count). The predicted octanol–water partition coefficient (Wildman–Crippen LogP) is 3.55. The zero-order valence-electron chi connectivity index (χ0n) is 10.6. The number of hydrogen-bond donors (Lipinski definition) is 1. The van der Waals surface area contributed by atoms with Crippen molar-refractivity contribution in [3.05, 3.63) is 28.9 Å². The summed E-state index contributed by atoms with van der Waals surface area (Å²) in [7, 11) is 0. The summed E-state index contributed by atoms with van der Waals surface area (Å²) in [6, 6.07) is 4.19. The Kier molecular flexibility index (Phi) is 3.75. The van der Waals surface area contributed by atoms with Gasteiger partial charge in [0.1, 0.15) is 4.32 Å². The Morgan fingerprint density at radius 3 is 2.84 bits per heavy atom. The maximum absolute atomic E-state index is 12.5. The van der Waals surface area contributed by atoms with Gasteiger partial charge in [-0.15, -0.1) is 0 Å². The van der Waals surface area contributed by atoms with Crippen molar-refractivity contribution < 1.29 is 4.79 Å². The molecule has 2 heterocycles. The lowest BCUT2D eigenvalue weighted by molar-refractivity contribution is -0.124. The zero-order valence-corrected chi connectivity index (χ0v) is 12.2. The number of nitrogens with one attached hydrogen (secondary N) is 1. The number of hydrogen-bond acceptors (Lipinski definition) is 3. The van der Waals surface area contributed by atoms with Gasteiger partial charge in [-0.2, -0.15) is 0 Å². The smallest absolute Gasteiger partial charge is 0.266 e. The van der Waals surface area contributed by atoms with Gasteiger partial charge in [0.25, 0.3) is 5.91 Å². The van der Waals surface area contributed by atoms with Gasteiger partial charge in [-0.3, -0.25) is 9.69 Å². The Morgan fingerprint density at radius 1 is 1.37 bits per heavy atom. The van der Waals surface area contributed by atoms with Crippen LogP contribution < -0.4 is 0 Å². The van der Waals surface area contributed by atoms with Crippen molar-refractivity contribution in [2.75, 3.05) is 0 Å². The molecule has 1 aromatic rings. The van der Waals surface area contributed by atoms with E-state index in [-0.39, 0.29) is 5.91 Å². The summed E-state index contributed by atoms with van der Waals surface area (Å²) in [5, 5.41) is 0. The number of thioether (sulfide) groups is 1. The summed E-state index contributed by atoms with van der Waals surface area (Å²) in [6.07, 6.45) is 9.61. The van der Waals surface area contributed by atoms with Crippen LogP contribution >= 0.6 is 24.0 Å². The van der Waals surface area contributed by atoms with E-state index >= 15 is 0 Å². The molecule has 0 atom stereocenters. The minimum atomic E-state index is 0.0801. The molecule has 1 aliphatic carbocycles. The molecule has 1 saturated carbocycles. The molecule has 1 amide bonds. The van der Waals surface area contributed by atoms with Crippen molar-refractivity contribution in [2.45, 2.75) is 38.1 Å². The van der Waals surface area contributed by atoms with E-state index in [2.05, 4.69) is 4.98 Å². The van der Waals surface area contributed by atoms with Crippen LogP contribution in [-0.2, 0) is 4.79 Å². The second-order valence-corrected chi connectivity index (χ2v) is 6.64. The first-order valence-corrected chi connectivity index (χ1v) is 7.88. The molecule has 0 bridgehead atoms. The fourth-order valence-corrected chi connectivity index (χ4v) is 4.10. The van der Waals surface area contributed by atoms with E-state index in [1.807, 2.05) is 29.3 Å². The van der Waals surface area contributed by atoms with E-state index in [4.69, 9.17) is 12.2 Å². The summed E-state index contributed by atoms with van der Waals surface area (Å²) in [5.74, 6) is 0.0801. The summed E-state index contributed by atoms with van der Waals surface area (Å²) in [4.78, 5) is 18.1. The number of carbonyl (C=O) groups excluding carboxylic acids is 1. The van der Waals surface area contributed by atoms with Crippen molar-refractivity contribution in [3.8, 4) is 0 Å². The third kappa shape index (κ3) is 2.62. The lowest BCUT2D eigenvalue weighted by Crippen LogP contribution is -2.39. The molecule has 3 nitrogen and oxygen atoms in total. The second-order valence-electron chi connectivity index (χ2n) is 4.97. The normalized spacial score (nSPS) is 23.6. The van der Waals surface area contributed by atoms with Crippen molar-refractivity contribution in [1.29, 1.82) is 0 Å². The van der Waals surface area contributed by atoms with Gasteiger partial charge in [0.15, 0.2) is 0 Å². The van der Waals surface area contributed by atoms with Crippen LogP contribution in [0.4, 0.5) is 0 Å². The fraction of sp³-hybridized carbons (Fsp3) is 0.429. The second kappa shape index (κ2) is 5.51. The molecule has 0 spiro atoms. The molecule has 100 valence electrons. The molecule has 2 aliphatic rings. The molecule has 1 N–H and O–H groups in total. The Labute approximate surface area is 122 Å². The first-order valence-electron chi connectivity index (χ1n) is 6.66. The lowest BCUT2D eigenvalue weighted by atomic mass is 9.94. The average Bonchev–Trinajstić information content (AvgIpc) is 3.01. The summed E-state index contributed by atoms with van der Waals surface area (Å²) >= 11 is 6.81. The summed E-state index contributed by atoms with van der Waals surface area (Å²) in [6.45, 7) is 0. The van der Waals surface area contributed by atoms with E-state index in [0.29, 0.717) is 6.04 Å². The van der Waals surface area contributed by atoms with Gasteiger partial charge in [-0.1, -0.05) is 43.2 Å². The van der Waals surface area contributed by atoms with E-state index in [0.717, 1.165) is 27.8 Å². The van der Waals surface area contributed by atoms with Crippen molar-refractivity contribution in [1.82, 2.24) is 9.88 Å². The van der Waals surface area contributed by atoms with Gasteiger partial charge < -0.3 is 4.98 Å². The van der Waals surface area contributed by atoms with Crippen LogP contribution in [0, 0.1) is 0 Å². The average molecular weight is 292 g/mol. The lowest BCUT2D eigenvalue weighted by Gasteiger charge is -2.29. The molecule has 19 heavy (non-hydrogen) atoms. The number of aromatic nitrogens is 1. The highest BCUT2D eigenvalue weighted by molar-refractivity contribution is 8.26. The predicted molar refractivity (Wildman–Crippen MR) is 82.7 cm³/mol. The molecule has 0 unspecified atom stereocenters. The molecule has 2 fully saturated rings. The SMILES string of the molecule is O=C1/C(=C/c2ccc[nH]2)SC(=S)N1C1CCCCC1. The topological polar surface area (TPSA) is 36.1 Å². The largest absolute Gasteiger partial charge is 0.362 e. The molecule has 0 radical (unpaired) electrons. The van der Waals surface area contributed by atoms with Crippen LogP contribution in [0.2, 0.25) is 0 Å². The van der Waals surface area contributed by atoms with Crippen LogP contribution in [-0.4, -0.2) is 26.2 Å². The van der Waals surface area contributed by atoms with Crippen molar-refractivity contribution in [3.63, 3.8) is 0 Å². The van der Waals surface area contributed by atoms with Gasteiger partial charge in [0, 0.05) is 17.9 Å². The molecule has 1 aliphatic heterocycles. The number of rotatable bonds is 2. The number of aromatic amines is 1. The molecule has 1 saturated heterocycles. The summed E-state index contributed by atoms with van der Waals surface area (Å²) < 4.78 is 0.717. The number of H-pyrrole nitrogens is 1. The van der Waals surface area contributed by atoms with Crippen molar-refractivity contribution >= 4 is 40.3 Å². The highest BCUT2D eigenvalue weighted by Gasteiger charge is 2.37. The van der Waals surface area contributed by atoms with Crippen LogP contribution in [0.15, 0.2) is 23.2 Å². The maximum Gasteiger partial charge on any atom is 0.266 e. The third-order valence-electron chi connectivity index (χ3n) is 3.67. The molecule has 5 heteroatoms. The van der Waals surface area contributed by atoms with Gasteiger partial charge in [0.2, 0.25) is 0 Å². The van der Waals surface area contributed by atoms with Crippen LogP contribution in [0.25, 0.3) is 6.08 Å². The van der Waals surface area contributed by atoms with E-state index < -0.39 is 0 Å². The number of thiocarbonyl (C=S) groups is 1. The van der Waals surface area contributed by atoms with Crippen LogP contribution in [0.5, 0.6) is 0 Å². The van der Waals surface area contributed by atoms with Crippen LogP contribution in [0.3, 0.4) is 0 Å². The molecule has 1 aromatic heterocycles. The number of amides is 1. The number of nitrogens with zero attached hydrogens (tertiary/aromatic N) is 1. The van der Waals surface area contributed by atoms with Crippen molar-refractivity contribution in [2.24, 2.45) is 0 Å². The monoisotopic (exact) mass is 292 g/mol. The maximum atomic E-state index is 12.5. The minimum absolute atomic E-state index is 0.0801. The fourth-order valence-electron chi connectivity index (χ4n) is 2.71. The molecular formula is C14H16N2OS2. The Morgan fingerprint density at radius 2 is 2.16 bits per heavy atom. The highest BCUT2D eigenvalue weighted by atomic mass is 32.2. The van der Waals surface area contributed by atoms with E-state index in [9.17, 15) is 4.79 Å². The zero-order chi connectivity index (χ0) is 13.2. The van der Waals surface area contributed by atoms with Gasteiger partial charge in [-0.25, -0.2) is 0 Å². The molecule has 0 aromatic carbocycles. The van der Waals surface area contributed by atoms with E-state index in [1.54, 1.807) is 0 Å². The van der Waals surface area contributed by atoms with Gasteiger partial charge in [0.05, 0.1) is 4.91 Å². The molecular weight excluding hydrogens is 276 g/mol. The standard InChI is InChI=1S/C14H16N2OS2/c17-13-12(9-10-5-4-8-15-10)19-14(18)16(13)11-6-2-1-3-7-11/h4-5,8-9,11,15H,1-3,6-7H2/b12-9-. The van der Waals surface area contributed by atoms with Gasteiger partial charge in [-0.05, 0) is 31.1 Å². The Hall–Kier alpha value is -1.07. The van der Waals surface area contributed by atoms with Gasteiger partial charge >= 0.3 is 0 Å². The number of carbonyl (C=O) groups is 1. The first kappa shape index (κ1) is 12.9. The Balaban J connectivity index is 1.80.